The Kier molecular flexibility index (Phi) is 3.31. The fourth-order valence-corrected chi connectivity index (χ4v) is 2.55. The molecule has 0 radical (unpaired) electrons. The van der Waals surface area contributed by atoms with Gasteiger partial charge in [0.1, 0.15) is 0 Å². The summed E-state index contributed by atoms with van der Waals surface area (Å²) >= 11 is 5.88. The van der Waals surface area contributed by atoms with Crippen LogP contribution in [0.1, 0.15) is 10.4 Å². The van der Waals surface area contributed by atoms with Crippen LogP contribution in [0.5, 0.6) is 0 Å². The number of thiophene rings is 1. The Bertz CT molecular complexity index is 519. The zero-order valence-electron chi connectivity index (χ0n) is 8.73. The molecule has 0 spiro atoms. The first-order chi connectivity index (χ1) is 7.70. The molecule has 0 aliphatic rings. The molecule has 0 saturated heterocycles. The van der Waals surface area contributed by atoms with E-state index < -0.39 is 0 Å². The molecule has 4 heteroatoms. The highest BCUT2D eigenvalue weighted by Gasteiger charge is 2.06. The van der Waals surface area contributed by atoms with Crippen LogP contribution in [0.3, 0.4) is 0 Å². The molecule has 0 atom stereocenters. The maximum Gasteiger partial charge on any atom is 0.251 e. The van der Waals surface area contributed by atoms with E-state index in [9.17, 15) is 4.79 Å². The summed E-state index contributed by atoms with van der Waals surface area (Å²) in [5.74, 6) is -0.0653. The van der Waals surface area contributed by atoms with Gasteiger partial charge in [0.05, 0.1) is 4.21 Å². The molecule has 0 unspecified atom stereocenters. The quantitative estimate of drug-likeness (QED) is 0.787. The number of hydrogen-bond donors (Lipinski definition) is 2. The van der Waals surface area contributed by atoms with Gasteiger partial charge in [0.15, 0.2) is 0 Å². The molecule has 1 amide bonds. The number of hydrogen-bond acceptors (Lipinski definition) is 3. The van der Waals surface area contributed by atoms with Crippen molar-refractivity contribution in [2.24, 2.45) is 0 Å². The van der Waals surface area contributed by atoms with Gasteiger partial charge in [0.25, 0.3) is 5.91 Å². The third-order valence-corrected chi connectivity index (χ3v) is 3.59. The first-order valence-electron chi connectivity index (χ1n) is 4.82. The van der Waals surface area contributed by atoms with E-state index >= 15 is 0 Å². The lowest BCUT2D eigenvalue weighted by Crippen LogP contribution is -2.17. The Morgan fingerprint density at radius 3 is 2.75 bits per heavy atom. The molecule has 0 saturated carbocycles. The van der Waals surface area contributed by atoms with Gasteiger partial charge in [-0.25, -0.2) is 0 Å². The SMILES string of the molecule is CNC(=O)c1cccc(-c2ccc(S)s2)c1. The summed E-state index contributed by atoms with van der Waals surface area (Å²) in [7, 11) is 1.63. The molecule has 2 nitrogen and oxygen atoms in total. The van der Waals surface area contributed by atoms with E-state index in [1.165, 1.54) is 0 Å². The van der Waals surface area contributed by atoms with Gasteiger partial charge in [-0.2, -0.15) is 0 Å². The van der Waals surface area contributed by atoms with Crippen LogP contribution in [0.4, 0.5) is 0 Å². The van der Waals surface area contributed by atoms with Crippen LogP contribution in [0.25, 0.3) is 10.4 Å². The van der Waals surface area contributed by atoms with Crippen molar-refractivity contribution in [2.75, 3.05) is 7.05 Å². The van der Waals surface area contributed by atoms with E-state index in [1.807, 2.05) is 30.3 Å². The summed E-state index contributed by atoms with van der Waals surface area (Å²) in [6.45, 7) is 0. The molecule has 0 aliphatic heterocycles. The highest BCUT2D eigenvalue weighted by Crippen LogP contribution is 2.30. The van der Waals surface area contributed by atoms with E-state index in [4.69, 9.17) is 0 Å². The molecule has 0 bridgehead atoms. The molecular weight excluding hydrogens is 238 g/mol. The van der Waals surface area contributed by atoms with Crippen LogP contribution in [0, 0.1) is 0 Å². The van der Waals surface area contributed by atoms with Crippen LogP contribution in [0.2, 0.25) is 0 Å². The zero-order chi connectivity index (χ0) is 11.5. The smallest absolute Gasteiger partial charge is 0.251 e. The fourth-order valence-electron chi connectivity index (χ4n) is 1.44. The van der Waals surface area contributed by atoms with Gasteiger partial charge in [-0.1, -0.05) is 12.1 Å². The molecule has 2 aromatic rings. The van der Waals surface area contributed by atoms with E-state index in [0.717, 1.165) is 14.6 Å². The maximum atomic E-state index is 11.5. The van der Waals surface area contributed by atoms with Crippen molar-refractivity contribution in [3.63, 3.8) is 0 Å². The van der Waals surface area contributed by atoms with Crippen molar-refractivity contribution < 1.29 is 4.79 Å². The van der Waals surface area contributed by atoms with Crippen molar-refractivity contribution in [3.05, 3.63) is 42.0 Å². The third kappa shape index (κ3) is 2.28. The Balaban J connectivity index is 2.39. The minimum absolute atomic E-state index is 0.0653. The molecule has 1 aromatic heterocycles. The normalized spacial score (nSPS) is 10.1. The summed E-state index contributed by atoms with van der Waals surface area (Å²) in [6.07, 6.45) is 0. The van der Waals surface area contributed by atoms with E-state index in [0.29, 0.717) is 5.56 Å². The first-order valence-corrected chi connectivity index (χ1v) is 6.08. The van der Waals surface area contributed by atoms with Crippen LogP contribution < -0.4 is 5.32 Å². The van der Waals surface area contributed by atoms with Gasteiger partial charge in [-0.3, -0.25) is 4.79 Å². The first kappa shape index (κ1) is 11.2. The number of benzene rings is 1. The van der Waals surface area contributed by atoms with Crippen molar-refractivity contribution in [3.8, 4) is 10.4 Å². The lowest BCUT2D eigenvalue weighted by molar-refractivity contribution is 0.0963. The fraction of sp³-hybridized carbons (Fsp3) is 0.0833. The molecule has 16 heavy (non-hydrogen) atoms. The number of thiol groups is 1. The number of carbonyl (C=O) groups excluding carboxylic acids is 1. The topological polar surface area (TPSA) is 29.1 Å². The average molecular weight is 249 g/mol. The molecule has 0 aliphatic carbocycles. The second-order valence-electron chi connectivity index (χ2n) is 3.30. The lowest BCUT2D eigenvalue weighted by Gasteiger charge is -2.02. The van der Waals surface area contributed by atoms with Gasteiger partial charge < -0.3 is 5.32 Å². The largest absolute Gasteiger partial charge is 0.355 e. The highest BCUT2D eigenvalue weighted by atomic mass is 32.2. The minimum Gasteiger partial charge on any atom is -0.355 e. The standard InChI is InChI=1S/C12H11NOS2/c1-13-12(14)9-4-2-3-8(7-9)10-5-6-11(15)16-10/h2-7,15H,1H3,(H,13,14). The molecule has 1 heterocycles. The number of amides is 1. The summed E-state index contributed by atoms with van der Waals surface area (Å²) in [6, 6.07) is 11.5. The number of rotatable bonds is 2. The van der Waals surface area contributed by atoms with Crippen LogP contribution in [0.15, 0.2) is 40.6 Å². The van der Waals surface area contributed by atoms with Crippen molar-refractivity contribution in [2.45, 2.75) is 4.21 Å². The van der Waals surface area contributed by atoms with E-state index in [2.05, 4.69) is 17.9 Å². The van der Waals surface area contributed by atoms with Crippen molar-refractivity contribution in [1.82, 2.24) is 5.32 Å². The molecule has 0 fully saturated rings. The van der Waals surface area contributed by atoms with Crippen LogP contribution in [-0.2, 0) is 0 Å². The summed E-state index contributed by atoms with van der Waals surface area (Å²) in [5.41, 5.74) is 1.72. The number of carbonyl (C=O) groups is 1. The Hall–Kier alpha value is -1.26. The van der Waals surface area contributed by atoms with Gasteiger partial charge >= 0.3 is 0 Å². The van der Waals surface area contributed by atoms with Crippen molar-refractivity contribution >= 4 is 29.9 Å². The Morgan fingerprint density at radius 2 is 2.12 bits per heavy atom. The number of nitrogens with one attached hydrogen (secondary N) is 1. The Morgan fingerprint density at radius 1 is 1.31 bits per heavy atom. The lowest BCUT2D eigenvalue weighted by atomic mass is 10.1. The molecule has 1 N–H and O–H groups in total. The summed E-state index contributed by atoms with van der Waals surface area (Å²) in [5, 5.41) is 2.61. The maximum absolute atomic E-state index is 11.5. The second-order valence-corrected chi connectivity index (χ2v) is 5.17. The average Bonchev–Trinajstić information content (AvgIpc) is 2.75. The summed E-state index contributed by atoms with van der Waals surface area (Å²) in [4.78, 5) is 12.6. The van der Waals surface area contributed by atoms with Gasteiger partial charge in [0.2, 0.25) is 0 Å². The predicted molar refractivity (Wildman–Crippen MR) is 70.4 cm³/mol. The highest BCUT2D eigenvalue weighted by molar-refractivity contribution is 7.83. The second kappa shape index (κ2) is 4.72. The molecule has 1 aromatic carbocycles. The predicted octanol–water partition coefficient (Wildman–Crippen LogP) is 3.06. The molecule has 82 valence electrons. The van der Waals surface area contributed by atoms with Crippen LogP contribution in [-0.4, -0.2) is 13.0 Å². The Labute approximate surface area is 104 Å². The van der Waals surface area contributed by atoms with Gasteiger partial charge in [-0.15, -0.1) is 24.0 Å². The summed E-state index contributed by atoms with van der Waals surface area (Å²) < 4.78 is 0.973. The van der Waals surface area contributed by atoms with E-state index in [-0.39, 0.29) is 5.91 Å². The third-order valence-electron chi connectivity index (χ3n) is 2.23. The molecule has 2 rings (SSSR count). The molecular formula is C12H11NOS2. The van der Waals surface area contributed by atoms with Crippen LogP contribution >= 0.6 is 24.0 Å². The zero-order valence-corrected chi connectivity index (χ0v) is 10.4. The minimum atomic E-state index is -0.0653. The van der Waals surface area contributed by atoms with E-state index in [1.54, 1.807) is 24.5 Å². The monoisotopic (exact) mass is 249 g/mol. The van der Waals surface area contributed by atoms with Gasteiger partial charge in [-0.05, 0) is 29.8 Å². The van der Waals surface area contributed by atoms with Gasteiger partial charge in [0, 0.05) is 17.5 Å². The van der Waals surface area contributed by atoms with Crippen molar-refractivity contribution in [1.29, 1.82) is 0 Å².